The van der Waals surface area contributed by atoms with Crippen LogP contribution in [0.4, 0.5) is 0 Å². The lowest BCUT2D eigenvalue weighted by atomic mass is 10.2. The smallest absolute Gasteiger partial charge is 0.327 e. The van der Waals surface area contributed by atoms with Crippen LogP contribution in [0, 0.1) is 12.3 Å². The summed E-state index contributed by atoms with van der Waals surface area (Å²) in [5.74, 6) is 1.55. The van der Waals surface area contributed by atoms with Crippen LogP contribution in [0.1, 0.15) is 5.56 Å². The van der Waals surface area contributed by atoms with Crippen molar-refractivity contribution in [3.8, 4) is 12.3 Å². The van der Waals surface area contributed by atoms with Crippen LogP contribution < -0.4 is 0 Å². The zero-order valence-electron chi connectivity index (χ0n) is 7.10. The first-order valence-electron chi connectivity index (χ1n) is 3.57. The lowest BCUT2D eigenvalue weighted by molar-refractivity contribution is -0.131. The number of terminal acetylenes is 1. The molecule has 1 N–H and O–H groups in total. The second-order valence-electron chi connectivity index (χ2n) is 2.05. The van der Waals surface area contributed by atoms with Crippen LogP contribution in [0.3, 0.4) is 0 Å². The van der Waals surface area contributed by atoms with Crippen molar-refractivity contribution in [3.05, 3.63) is 48.6 Å². The Morgan fingerprint density at radius 3 is 2.15 bits per heavy atom. The average Bonchev–Trinajstić information content (AvgIpc) is 2.20. The van der Waals surface area contributed by atoms with Crippen molar-refractivity contribution >= 4 is 5.97 Å². The molecule has 0 aliphatic rings. The SMILES string of the molecule is C#Cc1ccccc1.C=CC(=O)O. The molecular formula is C11H10O2. The van der Waals surface area contributed by atoms with Crippen molar-refractivity contribution in [1.82, 2.24) is 0 Å². The first-order chi connectivity index (χ1) is 6.20. The molecule has 2 nitrogen and oxygen atoms in total. The highest BCUT2D eigenvalue weighted by atomic mass is 16.4. The second kappa shape index (κ2) is 6.68. The van der Waals surface area contributed by atoms with E-state index in [1.165, 1.54) is 0 Å². The Balaban J connectivity index is 0.000000252. The molecule has 0 aliphatic heterocycles. The molecule has 0 unspecified atom stereocenters. The van der Waals surface area contributed by atoms with Gasteiger partial charge in [-0.2, -0.15) is 0 Å². The van der Waals surface area contributed by atoms with E-state index in [0.717, 1.165) is 11.6 Å². The molecule has 0 heterocycles. The quantitative estimate of drug-likeness (QED) is 0.521. The number of hydrogen-bond acceptors (Lipinski definition) is 1. The first-order valence-corrected chi connectivity index (χ1v) is 3.57. The summed E-state index contributed by atoms with van der Waals surface area (Å²) < 4.78 is 0. The molecule has 0 atom stereocenters. The molecule has 1 rings (SSSR count). The van der Waals surface area contributed by atoms with Crippen molar-refractivity contribution in [3.63, 3.8) is 0 Å². The van der Waals surface area contributed by atoms with Gasteiger partial charge in [0.1, 0.15) is 0 Å². The summed E-state index contributed by atoms with van der Waals surface area (Å²) in [5, 5.41) is 7.60. The molecule has 0 amide bonds. The van der Waals surface area contributed by atoms with Gasteiger partial charge in [0.15, 0.2) is 0 Å². The summed E-state index contributed by atoms with van der Waals surface area (Å²) in [6.07, 6.45) is 5.93. The van der Waals surface area contributed by atoms with Crippen molar-refractivity contribution < 1.29 is 9.90 Å². The molecule has 13 heavy (non-hydrogen) atoms. The lowest BCUT2D eigenvalue weighted by Crippen LogP contribution is -1.82. The number of benzene rings is 1. The van der Waals surface area contributed by atoms with Crippen LogP contribution >= 0.6 is 0 Å². The Kier molecular flexibility index (Phi) is 5.65. The van der Waals surface area contributed by atoms with Gasteiger partial charge in [-0.3, -0.25) is 0 Å². The highest BCUT2D eigenvalue weighted by Gasteiger charge is 1.76. The van der Waals surface area contributed by atoms with Crippen LogP contribution in [0.25, 0.3) is 0 Å². The minimum absolute atomic E-state index is 0.833. The predicted molar refractivity (Wildman–Crippen MR) is 52.2 cm³/mol. The molecule has 0 bridgehead atoms. The number of hydrogen-bond donors (Lipinski definition) is 1. The topological polar surface area (TPSA) is 37.3 Å². The van der Waals surface area contributed by atoms with E-state index < -0.39 is 5.97 Å². The van der Waals surface area contributed by atoms with Crippen molar-refractivity contribution in [1.29, 1.82) is 0 Å². The Labute approximate surface area is 77.5 Å². The summed E-state index contributed by atoms with van der Waals surface area (Å²) in [6, 6.07) is 9.60. The minimum atomic E-state index is -0.981. The fourth-order valence-corrected chi connectivity index (χ4v) is 0.534. The molecule has 2 heteroatoms. The average molecular weight is 174 g/mol. The van der Waals surface area contributed by atoms with Gasteiger partial charge in [0.05, 0.1) is 0 Å². The molecule has 0 radical (unpaired) electrons. The van der Waals surface area contributed by atoms with Crippen molar-refractivity contribution in [2.24, 2.45) is 0 Å². The van der Waals surface area contributed by atoms with E-state index in [4.69, 9.17) is 11.5 Å². The molecule has 1 aromatic carbocycles. The van der Waals surface area contributed by atoms with Crippen molar-refractivity contribution in [2.75, 3.05) is 0 Å². The number of carboxylic acid groups (broad SMARTS) is 1. The van der Waals surface area contributed by atoms with E-state index in [9.17, 15) is 4.79 Å². The molecule has 0 fully saturated rings. The maximum atomic E-state index is 9.25. The summed E-state index contributed by atoms with van der Waals surface area (Å²) in [5.41, 5.74) is 0.938. The van der Waals surface area contributed by atoms with Gasteiger partial charge in [-0.05, 0) is 12.1 Å². The zero-order chi connectivity index (χ0) is 10.1. The Morgan fingerprint density at radius 1 is 1.46 bits per heavy atom. The molecule has 0 saturated carbocycles. The van der Waals surface area contributed by atoms with Gasteiger partial charge in [0, 0.05) is 11.6 Å². The maximum Gasteiger partial charge on any atom is 0.327 e. The van der Waals surface area contributed by atoms with E-state index in [1.807, 2.05) is 30.3 Å². The molecule has 1 aromatic rings. The van der Waals surface area contributed by atoms with Crippen LogP contribution in [0.2, 0.25) is 0 Å². The number of carbonyl (C=O) groups is 1. The van der Waals surface area contributed by atoms with Gasteiger partial charge < -0.3 is 5.11 Å². The Morgan fingerprint density at radius 2 is 1.92 bits per heavy atom. The number of aliphatic carboxylic acids is 1. The summed E-state index contributed by atoms with van der Waals surface area (Å²) >= 11 is 0. The fraction of sp³-hybridized carbons (Fsp3) is 0. The molecule has 0 saturated heterocycles. The highest BCUT2D eigenvalue weighted by molar-refractivity contribution is 5.78. The van der Waals surface area contributed by atoms with Gasteiger partial charge in [0.2, 0.25) is 0 Å². The summed E-state index contributed by atoms with van der Waals surface area (Å²) in [4.78, 5) is 9.25. The van der Waals surface area contributed by atoms with E-state index >= 15 is 0 Å². The largest absolute Gasteiger partial charge is 0.478 e. The van der Waals surface area contributed by atoms with Gasteiger partial charge in [0.25, 0.3) is 0 Å². The third-order valence-electron chi connectivity index (χ3n) is 1.12. The molecular weight excluding hydrogens is 164 g/mol. The normalized spacial score (nSPS) is 7.31. The second-order valence-corrected chi connectivity index (χ2v) is 2.05. The Bertz CT molecular complexity index is 307. The molecule has 0 spiro atoms. The maximum absolute atomic E-state index is 9.25. The number of carboxylic acids is 1. The third-order valence-corrected chi connectivity index (χ3v) is 1.12. The van der Waals surface area contributed by atoms with E-state index in [2.05, 4.69) is 12.5 Å². The van der Waals surface area contributed by atoms with Crippen molar-refractivity contribution in [2.45, 2.75) is 0 Å². The Hall–Kier alpha value is -2.01. The minimum Gasteiger partial charge on any atom is -0.478 e. The molecule has 66 valence electrons. The fourth-order valence-electron chi connectivity index (χ4n) is 0.534. The van der Waals surface area contributed by atoms with Gasteiger partial charge in [-0.15, -0.1) is 6.42 Å². The van der Waals surface area contributed by atoms with Crippen LogP contribution in [-0.2, 0) is 4.79 Å². The third kappa shape index (κ3) is 6.39. The number of rotatable bonds is 1. The zero-order valence-corrected chi connectivity index (χ0v) is 7.10. The van der Waals surface area contributed by atoms with Gasteiger partial charge in [-0.1, -0.05) is 30.7 Å². The predicted octanol–water partition coefficient (Wildman–Crippen LogP) is 1.92. The van der Waals surface area contributed by atoms with Crippen LogP contribution in [0.5, 0.6) is 0 Å². The summed E-state index contributed by atoms with van der Waals surface area (Å²) in [7, 11) is 0. The van der Waals surface area contributed by atoms with E-state index in [-0.39, 0.29) is 0 Å². The lowest BCUT2D eigenvalue weighted by Gasteiger charge is -1.82. The molecule has 0 aromatic heterocycles. The van der Waals surface area contributed by atoms with Gasteiger partial charge in [-0.25, -0.2) is 4.79 Å². The van der Waals surface area contributed by atoms with Crippen LogP contribution in [0.15, 0.2) is 43.0 Å². The van der Waals surface area contributed by atoms with Crippen LogP contribution in [-0.4, -0.2) is 11.1 Å². The van der Waals surface area contributed by atoms with E-state index in [0.29, 0.717) is 0 Å². The van der Waals surface area contributed by atoms with Gasteiger partial charge >= 0.3 is 5.97 Å². The first kappa shape index (κ1) is 11.0. The monoisotopic (exact) mass is 174 g/mol. The summed E-state index contributed by atoms with van der Waals surface area (Å²) in [6.45, 7) is 2.96. The highest BCUT2D eigenvalue weighted by Crippen LogP contribution is 1.92. The van der Waals surface area contributed by atoms with E-state index in [1.54, 1.807) is 0 Å². The molecule has 0 aliphatic carbocycles. The standard InChI is InChI=1S/C8H6.C3H4O2/c1-2-8-6-4-3-5-7-8;1-2-3(4)5/h1,3-7H;2H,1H2,(H,4,5).